The van der Waals surface area contributed by atoms with Gasteiger partial charge in [-0.15, -0.1) is 0 Å². The van der Waals surface area contributed by atoms with Gasteiger partial charge in [0.25, 0.3) is 5.91 Å². The summed E-state index contributed by atoms with van der Waals surface area (Å²) in [7, 11) is 1.30. The van der Waals surface area contributed by atoms with E-state index in [0.29, 0.717) is 22.7 Å². The van der Waals surface area contributed by atoms with Gasteiger partial charge in [0.2, 0.25) is 0 Å². The number of carbonyl (C=O) groups excluding carboxylic acids is 2. The Hall–Kier alpha value is -4.39. The normalized spacial score (nSPS) is 10.5. The molecule has 0 bridgehead atoms. The predicted molar refractivity (Wildman–Crippen MR) is 126 cm³/mol. The Morgan fingerprint density at radius 3 is 2.33 bits per heavy atom. The van der Waals surface area contributed by atoms with Crippen LogP contribution in [0.3, 0.4) is 0 Å². The van der Waals surface area contributed by atoms with Crippen LogP contribution in [0.1, 0.15) is 15.9 Å². The summed E-state index contributed by atoms with van der Waals surface area (Å²) in [6, 6.07) is 24.4. The van der Waals surface area contributed by atoms with E-state index in [2.05, 4.69) is 10.1 Å². The van der Waals surface area contributed by atoms with Gasteiger partial charge >= 0.3 is 5.97 Å². The number of nitrogens with zero attached hydrogens (tertiary/aromatic N) is 2. The van der Waals surface area contributed by atoms with Gasteiger partial charge in [-0.25, -0.2) is 9.48 Å². The lowest BCUT2D eigenvalue weighted by Crippen LogP contribution is -2.14. The molecule has 0 aliphatic carbocycles. The third kappa shape index (κ3) is 5.10. The summed E-state index contributed by atoms with van der Waals surface area (Å²) in [4.78, 5) is 24.6. The van der Waals surface area contributed by atoms with E-state index in [1.807, 2.05) is 67.6 Å². The second-order valence-electron chi connectivity index (χ2n) is 7.33. The zero-order valence-electron chi connectivity index (χ0n) is 18.3. The first-order valence-corrected chi connectivity index (χ1v) is 10.4. The zero-order valence-corrected chi connectivity index (χ0v) is 18.3. The molecule has 3 aromatic carbocycles. The number of nitrogens with one attached hydrogen (secondary N) is 1. The van der Waals surface area contributed by atoms with Crippen molar-refractivity contribution in [3.05, 3.63) is 96.2 Å². The van der Waals surface area contributed by atoms with Crippen LogP contribution < -0.4 is 10.1 Å². The van der Waals surface area contributed by atoms with Gasteiger partial charge in [0.15, 0.2) is 6.61 Å². The maximum Gasteiger partial charge on any atom is 0.343 e. The van der Waals surface area contributed by atoms with Crippen molar-refractivity contribution in [2.75, 3.05) is 19.0 Å². The third-order valence-electron chi connectivity index (χ3n) is 5.06. The first kappa shape index (κ1) is 21.8. The molecule has 7 nitrogen and oxygen atoms in total. The number of benzene rings is 3. The molecule has 0 aliphatic rings. The van der Waals surface area contributed by atoms with Crippen molar-refractivity contribution in [3.8, 4) is 22.7 Å². The number of ether oxygens (including phenoxy) is 2. The lowest BCUT2D eigenvalue weighted by molar-refractivity contribution is -0.142. The van der Waals surface area contributed by atoms with E-state index < -0.39 is 5.97 Å². The van der Waals surface area contributed by atoms with Gasteiger partial charge in [0.05, 0.1) is 18.4 Å². The fourth-order valence-electron chi connectivity index (χ4n) is 3.32. The average molecular weight is 441 g/mol. The number of rotatable bonds is 7. The second-order valence-corrected chi connectivity index (χ2v) is 7.33. The third-order valence-corrected chi connectivity index (χ3v) is 5.06. The van der Waals surface area contributed by atoms with E-state index >= 15 is 0 Å². The summed E-state index contributed by atoms with van der Waals surface area (Å²) < 4.78 is 11.7. The fourth-order valence-corrected chi connectivity index (χ4v) is 3.32. The van der Waals surface area contributed by atoms with Crippen LogP contribution in [-0.4, -0.2) is 35.4 Å². The molecular weight excluding hydrogens is 418 g/mol. The molecule has 0 unspecified atom stereocenters. The number of esters is 1. The van der Waals surface area contributed by atoms with Crippen molar-refractivity contribution in [1.29, 1.82) is 0 Å². The SMILES string of the molecule is COC(=O)COc1ccc(NC(=O)c2cn(-c3ccccc3)nc2-c2ccccc2)c(C)c1. The number of aromatic nitrogens is 2. The van der Waals surface area contributed by atoms with Crippen LogP contribution in [0.5, 0.6) is 5.75 Å². The minimum atomic E-state index is -0.464. The van der Waals surface area contributed by atoms with Gasteiger partial charge in [-0.1, -0.05) is 48.5 Å². The van der Waals surface area contributed by atoms with E-state index in [-0.39, 0.29) is 12.5 Å². The Balaban J connectivity index is 1.61. The van der Waals surface area contributed by atoms with Crippen molar-refractivity contribution in [1.82, 2.24) is 9.78 Å². The number of aryl methyl sites for hydroxylation is 1. The van der Waals surface area contributed by atoms with Crippen molar-refractivity contribution in [2.45, 2.75) is 6.92 Å². The van der Waals surface area contributed by atoms with Crippen molar-refractivity contribution in [2.24, 2.45) is 0 Å². The van der Waals surface area contributed by atoms with Crippen LogP contribution >= 0.6 is 0 Å². The summed E-state index contributed by atoms with van der Waals surface area (Å²) >= 11 is 0. The topological polar surface area (TPSA) is 82.5 Å². The molecule has 7 heteroatoms. The molecule has 0 spiro atoms. The van der Waals surface area contributed by atoms with E-state index in [9.17, 15) is 9.59 Å². The van der Waals surface area contributed by atoms with Crippen LogP contribution in [-0.2, 0) is 9.53 Å². The predicted octanol–water partition coefficient (Wildman–Crippen LogP) is 4.65. The van der Waals surface area contributed by atoms with Crippen LogP contribution in [0.25, 0.3) is 16.9 Å². The Bertz CT molecular complexity index is 1270. The number of carbonyl (C=O) groups is 2. The van der Waals surface area contributed by atoms with Crippen LogP contribution in [0.4, 0.5) is 5.69 Å². The number of amides is 1. The van der Waals surface area contributed by atoms with Gasteiger partial charge in [0, 0.05) is 17.4 Å². The molecule has 0 radical (unpaired) electrons. The largest absolute Gasteiger partial charge is 0.482 e. The van der Waals surface area contributed by atoms with Gasteiger partial charge in [-0.3, -0.25) is 4.79 Å². The molecule has 1 N–H and O–H groups in total. The van der Waals surface area contributed by atoms with E-state index in [1.54, 1.807) is 29.1 Å². The first-order chi connectivity index (χ1) is 16.0. The molecule has 0 atom stereocenters. The first-order valence-electron chi connectivity index (χ1n) is 10.4. The minimum absolute atomic E-state index is 0.180. The number of hydrogen-bond donors (Lipinski definition) is 1. The van der Waals surface area contributed by atoms with Gasteiger partial charge in [-0.05, 0) is 42.8 Å². The van der Waals surface area contributed by atoms with Crippen molar-refractivity contribution < 1.29 is 19.1 Å². The Morgan fingerprint density at radius 1 is 0.970 bits per heavy atom. The van der Waals surface area contributed by atoms with Crippen LogP contribution in [0, 0.1) is 6.92 Å². The molecule has 0 saturated carbocycles. The molecule has 4 aromatic rings. The zero-order chi connectivity index (χ0) is 23.2. The molecule has 0 fully saturated rings. The van der Waals surface area contributed by atoms with E-state index in [1.165, 1.54) is 7.11 Å². The molecule has 0 aliphatic heterocycles. The molecule has 33 heavy (non-hydrogen) atoms. The summed E-state index contributed by atoms with van der Waals surface area (Å²) in [5.74, 6) is -0.228. The highest BCUT2D eigenvalue weighted by molar-refractivity contribution is 6.08. The monoisotopic (exact) mass is 441 g/mol. The lowest BCUT2D eigenvalue weighted by Gasteiger charge is -2.11. The average Bonchev–Trinajstić information content (AvgIpc) is 3.31. The molecular formula is C26H23N3O4. The number of hydrogen-bond acceptors (Lipinski definition) is 5. The molecule has 166 valence electrons. The minimum Gasteiger partial charge on any atom is -0.482 e. The highest BCUT2D eigenvalue weighted by Gasteiger charge is 2.19. The number of para-hydroxylation sites is 1. The maximum absolute atomic E-state index is 13.3. The summed E-state index contributed by atoms with van der Waals surface area (Å²) in [6.07, 6.45) is 1.73. The lowest BCUT2D eigenvalue weighted by atomic mass is 10.1. The number of anilines is 1. The highest BCUT2D eigenvalue weighted by Crippen LogP contribution is 2.26. The second kappa shape index (κ2) is 9.82. The van der Waals surface area contributed by atoms with E-state index in [4.69, 9.17) is 9.84 Å². The quantitative estimate of drug-likeness (QED) is 0.422. The van der Waals surface area contributed by atoms with Crippen molar-refractivity contribution in [3.63, 3.8) is 0 Å². The summed E-state index contributed by atoms with van der Waals surface area (Å²) in [5, 5.41) is 7.66. The fraction of sp³-hybridized carbons (Fsp3) is 0.115. The maximum atomic E-state index is 13.3. The highest BCUT2D eigenvalue weighted by atomic mass is 16.6. The van der Waals surface area contributed by atoms with Crippen LogP contribution in [0.15, 0.2) is 85.1 Å². The summed E-state index contributed by atoms with van der Waals surface area (Å²) in [6.45, 7) is 1.67. The van der Waals surface area contributed by atoms with Gasteiger partial charge in [-0.2, -0.15) is 5.10 Å². The Kier molecular flexibility index (Phi) is 6.50. The summed E-state index contributed by atoms with van der Waals surface area (Å²) in [5.41, 5.74) is 4.18. The number of methoxy groups -OCH3 is 1. The Morgan fingerprint density at radius 2 is 1.67 bits per heavy atom. The van der Waals surface area contributed by atoms with Gasteiger partial charge < -0.3 is 14.8 Å². The molecule has 1 heterocycles. The van der Waals surface area contributed by atoms with Crippen LogP contribution in [0.2, 0.25) is 0 Å². The molecule has 1 amide bonds. The van der Waals surface area contributed by atoms with Gasteiger partial charge in [0.1, 0.15) is 11.4 Å². The molecule has 4 rings (SSSR count). The van der Waals surface area contributed by atoms with E-state index in [0.717, 1.165) is 16.8 Å². The van der Waals surface area contributed by atoms with Crippen molar-refractivity contribution >= 4 is 17.6 Å². The smallest absolute Gasteiger partial charge is 0.343 e. The molecule has 0 saturated heterocycles. The Labute approximate surface area is 191 Å². The molecule has 1 aromatic heterocycles. The standard InChI is InChI=1S/C26H23N3O4/c1-18-15-21(33-17-24(30)32-2)13-14-23(18)27-26(31)22-16-29(20-11-7-4-8-12-20)28-25(22)19-9-5-3-6-10-19/h3-16H,17H2,1-2H3,(H,27,31).